The molecule has 0 amide bonds. The monoisotopic (exact) mass is 252 g/mol. The van der Waals surface area contributed by atoms with Gasteiger partial charge in [0.2, 0.25) is 0 Å². The van der Waals surface area contributed by atoms with E-state index in [4.69, 9.17) is 10.5 Å². The highest BCUT2D eigenvalue weighted by Gasteiger charge is 2.24. The number of hydrogen-bond donors (Lipinski definition) is 1. The molecule has 0 saturated carbocycles. The Balaban J connectivity index is 1.93. The van der Waals surface area contributed by atoms with Crippen molar-refractivity contribution in [1.29, 1.82) is 0 Å². The van der Waals surface area contributed by atoms with Gasteiger partial charge < -0.3 is 10.5 Å². The summed E-state index contributed by atoms with van der Waals surface area (Å²) in [6, 6.07) is 6.70. The average molecular weight is 252 g/mol. The Bertz CT molecular complexity index is 369. The summed E-state index contributed by atoms with van der Waals surface area (Å²) in [5.74, 6) is -0.185. The zero-order chi connectivity index (χ0) is 13.0. The Morgan fingerprint density at radius 3 is 2.72 bits per heavy atom. The van der Waals surface area contributed by atoms with Crippen LogP contribution in [0.5, 0.6) is 0 Å². The third-order valence-electron chi connectivity index (χ3n) is 3.21. The maximum Gasteiger partial charge on any atom is 0.123 e. The predicted octanol–water partition coefficient (Wildman–Crippen LogP) is 1.76. The van der Waals surface area contributed by atoms with Gasteiger partial charge in [0.1, 0.15) is 5.82 Å². The Morgan fingerprint density at radius 2 is 2.06 bits per heavy atom. The van der Waals surface area contributed by atoms with Crippen LogP contribution in [0.15, 0.2) is 24.3 Å². The lowest BCUT2D eigenvalue weighted by Crippen LogP contribution is -2.46. The number of halogens is 1. The first-order valence-electron chi connectivity index (χ1n) is 6.49. The van der Waals surface area contributed by atoms with Crippen LogP contribution in [-0.4, -0.2) is 36.7 Å². The lowest BCUT2D eigenvalue weighted by atomic mass is 10.1. The fraction of sp³-hybridized carbons (Fsp3) is 0.571. The highest BCUT2D eigenvalue weighted by molar-refractivity contribution is 5.16. The molecule has 18 heavy (non-hydrogen) atoms. The van der Waals surface area contributed by atoms with Gasteiger partial charge in [-0.05, 0) is 37.6 Å². The van der Waals surface area contributed by atoms with Crippen LogP contribution in [0.3, 0.4) is 0 Å². The van der Waals surface area contributed by atoms with Gasteiger partial charge in [0.05, 0.1) is 12.2 Å². The molecule has 2 unspecified atom stereocenters. The molecule has 1 aliphatic heterocycles. The number of ether oxygens (including phenoxy) is 1. The number of rotatable bonds is 4. The molecule has 1 aromatic rings. The second-order valence-corrected chi connectivity index (χ2v) is 4.97. The lowest BCUT2D eigenvalue weighted by molar-refractivity contribution is -0.0809. The molecule has 2 N–H and O–H groups in total. The fourth-order valence-corrected chi connectivity index (χ4v) is 2.46. The number of benzene rings is 1. The fourth-order valence-electron chi connectivity index (χ4n) is 2.46. The lowest BCUT2D eigenvalue weighted by Gasteiger charge is -2.36. The van der Waals surface area contributed by atoms with Crippen LogP contribution >= 0.6 is 0 Å². The van der Waals surface area contributed by atoms with E-state index in [0.717, 1.165) is 31.6 Å². The van der Waals surface area contributed by atoms with E-state index in [0.29, 0.717) is 6.54 Å². The van der Waals surface area contributed by atoms with Gasteiger partial charge in [0, 0.05) is 19.6 Å². The third-order valence-corrected chi connectivity index (χ3v) is 3.21. The number of hydrogen-bond acceptors (Lipinski definition) is 3. The number of nitrogens with zero attached hydrogens (tertiary/aromatic N) is 1. The van der Waals surface area contributed by atoms with E-state index >= 15 is 0 Å². The first kappa shape index (κ1) is 13.5. The summed E-state index contributed by atoms with van der Waals surface area (Å²) < 4.78 is 18.7. The zero-order valence-corrected chi connectivity index (χ0v) is 10.8. The number of morpholine rings is 1. The van der Waals surface area contributed by atoms with E-state index in [1.807, 2.05) is 12.1 Å². The summed E-state index contributed by atoms with van der Waals surface area (Å²) in [6.07, 6.45) is 1.35. The summed E-state index contributed by atoms with van der Waals surface area (Å²) >= 11 is 0. The van der Waals surface area contributed by atoms with E-state index in [2.05, 4.69) is 11.8 Å². The highest BCUT2D eigenvalue weighted by Crippen LogP contribution is 2.16. The SMILES string of the molecule is CC1CN(Cc2ccc(F)cc2)CC(CCN)O1. The molecule has 0 spiro atoms. The van der Waals surface area contributed by atoms with Crippen LogP contribution in [0.2, 0.25) is 0 Å². The molecule has 0 bridgehead atoms. The Kier molecular flexibility index (Phi) is 4.69. The van der Waals surface area contributed by atoms with Crippen molar-refractivity contribution in [3.05, 3.63) is 35.6 Å². The minimum absolute atomic E-state index is 0.185. The van der Waals surface area contributed by atoms with E-state index in [1.165, 1.54) is 12.1 Å². The van der Waals surface area contributed by atoms with Gasteiger partial charge in [-0.2, -0.15) is 0 Å². The molecule has 0 radical (unpaired) electrons. The molecular formula is C14H21FN2O. The van der Waals surface area contributed by atoms with Gasteiger partial charge in [-0.15, -0.1) is 0 Å². The summed E-state index contributed by atoms with van der Waals surface area (Å²) in [6.45, 7) is 5.40. The normalized spacial score (nSPS) is 25.3. The van der Waals surface area contributed by atoms with Crippen LogP contribution in [0.1, 0.15) is 18.9 Å². The molecule has 1 aromatic carbocycles. The highest BCUT2D eigenvalue weighted by atomic mass is 19.1. The molecule has 1 heterocycles. The Morgan fingerprint density at radius 1 is 1.33 bits per heavy atom. The second kappa shape index (κ2) is 6.27. The molecule has 100 valence electrons. The molecule has 2 rings (SSSR count). The van der Waals surface area contributed by atoms with E-state index in [-0.39, 0.29) is 18.0 Å². The summed E-state index contributed by atoms with van der Waals surface area (Å²) in [5.41, 5.74) is 6.72. The van der Waals surface area contributed by atoms with Crippen LogP contribution in [0.4, 0.5) is 4.39 Å². The summed E-state index contributed by atoms with van der Waals surface area (Å²) in [4.78, 5) is 2.35. The molecule has 1 saturated heterocycles. The van der Waals surface area contributed by atoms with E-state index in [1.54, 1.807) is 0 Å². The minimum atomic E-state index is -0.185. The molecule has 1 aliphatic rings. The maximum absolute atomic E-state index is 12.8. The van der Waals surface area contributed by atoms with Crippen LogP contribution in [-0.2, 0) is 11.3 Å². The maximum atomic E-state index is 12.8. The quantitative estimate of drug-likeness (QED) is 0.887. The van der Waals surface area contributed by atoms with Crippen molar-refractivity contribution in [3.8, 4) is 0 Å². The molecule has 1 fully saturated rings. The smallest absolute Gasteiger partial charge is 0.123 e. The Hall–Kier alpha value is -0.970. The average Bonchev–Trinajstić information content (AvgIpc) is 2.32. The first-order chi connectivity index (χ1) is 8.67. The van der Waals surface area contributed by atoms with Crippen molar-refractivity contribution >= 4 is 0 Å². The third kappa shape index (κ3) is 3.77. The molecule has 0 aliphatic carbocycles. The van der Waals surface area contributed by atoms with Crippen molar-refractivity contribution in [2.24, 2.45) is 5.73 Å². The topological polar surface area (TPSA) is 38.5 Å². The van der Waals surface area contributed by atoms with Gasteiger partial charge in [-0.1, -0.05) is 12.1 Å². The summed E-state index contributed by atoms with van der Waals surface area (Å²) in [5, 5.41) is 0. The van der Waals surface area contributed by atoms with Crippen LogP contribution in [0, 0.1) is 5.82 Å². The van der Waals surface area contributed by atoms with Gasteiger partial charge in [-0.25, -0.2) is 4.39 Å². The van der Waals surface area contributed by atoms with Crippen molar-refractivity contribution in [1.82, 2.24) is 4.90 Å². The van der Waals surface area contributed by atoms with Crippen LogP contribution in [0.25, 0.3) is 0 Å². The van der Waals surface area contributed by atoms with Gasteiger partial charge in [-0.3, -0.25) is 4.90 Å². The van der Waals surface area contributed by atoms with Crippen molar-refractivity contribution < 1.29 is 9.13 Å². The van der Waals surface area contributed by atoms with E-state index in [9.17, 15) is 4.39 Å². The first-order valence-corrected chi connectivity index (χ1v) is 6.49. The molecule has 3 nitrogen and oxygen atoms in total. The van der Waals surface area contributed by atoms with Crippen LogP contribution < -0.4 is 5.73 Å². The molecule has 4 heteroatoms. The number of nitrogens with two attached hydrogens (primary N) is 1. The predicted molar refractivity (Wildman–Crippen MR) is 69.7 cm³/mol. The molecule has 0 aromatic heterocycles. The molecular weight excluding hydrogens is 231 g/mol. The van der Waals surface area contributed by atoms with Crippen molar-refractivity contribution in [2.75, 3.05) is 19.6 Å². The van der Waals surface area contributed by atoms with Gasteiger partial charge in [0.15, 0.2) is 0 Å². The summed E-state index contributed by atoms with van der Waals surface area (Å²) in [7, 11) is 0. The largest absolute Gasteiger partial charge is 0.373 e. The van der Waals surface area contributed by atoms with Gasteiger partial charge >= 0.3 is 0 Å². The second-order valence-electron chi connectivity index (χ2n) is 4.97. The van der Waals surface area contributed by atoms with Gasteiger partial charge in [0.25, 0.3) is 0 Å². The van der Waals surface area contributed by atoms with E-state index < -0.39 is 0 Å². The molecule has 2 atom stereocenters. The minimum Gasteiger partial charge on any atom is -0.373 e. The zero-order valence-electron chi connectivity index (χ0n) is 10.8. The standard InChI is InChI=1S/C14H21FN2O/c1-11-8-17(10-14(18-11)6-7-16)9-12-2-4-13(15)5-3-12/h2-5,11,14H,6-10,16H2,1H3. The van der Waals surface area contributed by atoms with Crippen molar-refractivity contribution in [2.45, 2.75) is 32.1 Å². The van der Waals surface area contributed by atoms with Crippen molar-refractivity contribution in [3.63, 3.8) is 0 Å². The Labute approximate surface area is 108 Å².